The van der Waals surface area contributed by atoms with Gasteiger partial charge in [0.25, 0.3) is 0 Å². The first-order chi connectivity index (χ1) is 10.7. The summed E-state index contributed by atoms with van der Waals surface area (Å²) in [6.45, 7) is 3.58. The number of amides is 1. The van der Waals surface area contributed by atoms with E-state index in [9.17, 15) is 9.59 Å². The predicted octanol–water partition coefficient (Wildman–Crippen LogP) is 2.51. The van der Waals surface area contributed by atoms with Gasteiger partial charge in [-0.1, -0.05) is 18.2 Å². The van der Waals surface area contributed by atoms with Crippen LogP contribution in [-0.4, -0.2) is 41.7 Å². The molecule has 2 heterocycles. The van der Waals surface area contributed by atoms with Crippen molar-refractivity contribution in [1.82, 2.24) is 4.90 Å². The third-order valence-electron chi connectivity index (χ3n) is 4.35. The van der Waals surface area contributed by atoms with Gasteiger partial charge in [-0.15, -0.1) is 11.8 Å². The summed E-state index contributed by atoms with van der Waals surface area (Å²) >= 11 is 1.67. The smallest absolute Gasteiger partial charge is 0.309 e. The lowest BCUT2D eigenvalue weighted by molar-refractivity contribution is -0.151. The van der Waals surface area contributed by atoms with Crippen molar-refractivity contribution in [1.29, 1.82) is 0 Å². The fourth-order valence-corrected chi connectivity index (χ4v) is 4.40. The van der Waals surface area contributed by atoms with Crippen LogP contribution in [0.3, 0.4) is 0 Å². The van der Waals surface area contributed by atoms with Crippen LogP contribution < -0.4 is 0 Å². The summed E-state index contributed by atoms with van der Waals surface area (Å²) in [6, 6.07) is 8.23. The number of thioether (sulfide) groups is 1. The van der Waals surface area contributed by atoms with Crippen LogP contribution in [-0.2, 0) is 20.7 Å². The van der Waals surface area contributed by atoms with Crippen LogP contribution in [0.4, 0.5) is 0 Å². The molecule has 0 radical (unpaired) electrons. The van der Waals surface area contributed by atoms with Crippen molar-refractivity contribution >= 4 is 23.6 Å². The van der Waals surface area contributed by atoms with E-state index < -0.39 is 0 Å². The molecule has 1 unspecified atom stereocenters. The maximum absolute atomic E-state index is 12.7. The summed E-state index contributed by atoms with van der Waals surface area (Å²) in [5, 5.41) is -0.00320. The number of rotatable bonds is 3. The Labute approximate surface area is 135 Å². The van der Waals surface area contributed by atoms with Crippen LogP contribution in [0.15, 0.2) is 29.2 Å². The second kappa shape index (κ2) is 6.73. The number of hydrogen-bond acceptors (Lipinski definition) is 4. The van der Waals surface area contributed by atoms with Gasteiger partial charge in [0.05, 0.1) is 17.8 Å². The Balaban J connectivity index is 1.54. The average Bonchev–Trinajstić information content (AvgIpc) is 2.98. The second-order valence-corrected chi connectivity index (χ2v) is 7.01. The number of nitrogens with zero attached hydrogens (tertiary/aromatic N) is 1. The molecule has 0 aromatic heterocycles. The number of ether oxygens (including phenoxy) is 1. The highest BCUT2D eigenvalue weighted by molar-refractivity contribution is 8.01. The van der Waals surface area contributed by atoms with E-state index in [0.29, 0.717) is 19.7 Å². The molecule has 1 aromatic carbocycles. The molecule has 1 amide bonds. The van der Waals surface area contributed by atoms with Gasteiger partial charge in [0.15, 0.2) is 0 Å². The zero-order valence-corrected chi connectivity index (χ0v) is 13.6. The first kappa shape index (κ1) is 15.4. The van der Waals surface area contributed by atoms with Gasteiger partial charge in [0.2, 0.25) is 5.91 Å². The van der Waals surface area contributed by atoms with E-state index >= 15 is 0 Å². The molecule has 1 aromatic rings. The first-order valence-corrected chi connectivity index (χ1v) is 8.77. The topological polar surface area (TPSA) is 46.6 Å². The van der Waals surface area contributed by atoms with Crippen LogP contribution in [0.1, 0.15) is 25.3 Å². The van der Waals surface area contributed by atoms with E-state index in [1.54, 1.807) is 11.8 Å². The molecule has 4 nitrogen and oxygen atoms in total. The minimum atomic E-state index is -0.114. The number of likely N-dealkylation sites (tertiary alicyclic amines) is 1. The Morgan fingerprint density at radius 3 is 2.68 bits per heavy atom. The summed E-state index contributed by atoms with van der Waals surface area (Å²) in [5.74, 6) is 0.0539. The normalized spacial score (nSPS) is 21.5. The highest BCUT2D eigenvalue weighted by Crippen LogP contribution is 2.38. The Morgan fingerprint density at radius 2 is 2.00 bits per heavy atom. The zero-order valence-electron chi connectivity index (χ0n) is 12.8. The number of piperidine rings is 1. The van der Waals surface area contributed by atoms with Crippen LogP contribution in [0.25, 0.3) is 0 Å². The van der Waals surface area contributed by atoms with Gasteiger partial charge in [-0.05, 0) is 37.8 Å². The molecular weight excluding hydrogens is 298 g/mol. The van der Waals surface area contributed by atoms with Crippen LogP contribution in [0.5, 0.6) is 0 Å². The molecule has 0 bridgehead atoms. The molecule has 3 rings (SSSR count). The third-order valence-corrected chi connectivity index (χ3v) is 5.65. The standard InChI is InChI=1S/C17H21NO3S/c1-2-21-17(20)12-7-9-18(10-8-12)16(19)15-11-13-5-3-4-6-14(13)22-15/h3-6,12,15H,2,7-11H2,1H3. The molecule has 5 heteroatoms. The minimum Gasteiger partial charge on any atom is -0.466 e. The van der Waals surface area contributed by atoms with E-state index in [4.69, 9.17) is 4.74 Å². The number of benzene rings is 1. The number of hydrogen-bond donors (Lipinski definition) is 0. The number of carbonyl (C=O) groups is 2. The lowest BCUT2D eigenvalue weighted by Crippen LogP contribution is -2.44. The predicted molar refractivity (Wildman–Crippen MR) is 85.7 cm³/mol. The molecule has 22 heavy (non-hydrogen) atoms. The maximum Gasteiger partial charge on any atom is 0.309 e. The highest BCUT2D eigenvalue weighted by Gasteiger charge is 2.34. The molecule has 2 aliphatic heterocycles. The van der Waals surface area contributed by atoms with Crippen molar-refractivity contribution in [3.8, 4) is 0 Å². The number of esters is 1. The summed E-state index contributed by atoms with van der Waals surface area (Å²) in [5.41, 5.74) is 1.27. The van der Waals surface area contributed by atoms with Crippen LogP contribution in [0, 0.1) is 5.92 Å². The van der Waals surface area contributed by atoms with Gasteiger partial charge in [-0.3, -0.25) is 9.59 Å². The van der Waals surface area contributed by atoms with E-state index in [0.717, 1.165) is 19.3 Å². The second-order valence-electron chi connectivity index (χ2n) is 5.77. The van der Waals surface area contributed by atoms with E-state index in [1.165, 1.54) is 10.5 Å². The molecule has 2 aliphatic rings. The van der Waals surface area contributed by atoms with Gasteiger partial charge in [-0.2, -0.15) is 0 Å². The minimum absolute atomic E-state index is 0.00320. The molecule has 0 N–H and O–H groups in total. The summed E-state index contributed by atoms with van der Waals surface area (Å²) < 4.78 is 5.07. The van der Waals surface area contributed by atoms with Crippen LogP contribution >= 0.6 is 11.8 Å². The summed E-state index contributed by atoms with van der Waals surface area (Å²) in [7, 11) is 0. The van der Waals surface area contributed by atoms with Gasteiger partial charge in [0.1, 0.15) is 0 Å². The fourth-order valence-electron chi connectivity index (χ4n) is 3.12. The monoisotopic (exact) mass is 319 g/mol. The van der Waals surface area contributed by atoms with E-state index in [2.05, 4.69) is 12.1 Å². The van der Waals surface area contributed by atoms with Crippen molar-refractivity contribution in [2.75, 3.05) is 19.7 Å². The van der Waals surface area contributed by atoms with Crippen molar-refractivity contribution < 1.29 is 14.3 Å². The molecule has 1 saturated heterocycles. The SMILES string of the molecule is CCOC(=O)C1CCN(C(=O)C2Cc3ccccc3S2)CC1. The Kier molecular flexibility index (Phi) is 4.71. The fraction of sp³-hybridized carbons (Fsp3) is 0.529. The van der Waals surface area contributed by atoms with Gasteiger partial charge in [0, 0.05) is 18.0 Å². The van der Waals surface area contributed by atoms with Crippen molar-refractivity contribution in [3.63, 3.8) is 0 Å². The molecular formula is C17H21NO3S. The summed E-state index contributed by atoms with van der Waals surface area (Å²) in [4.78, 5) is 27.6. The van der Waals surface area contributed by atoms with Crippen LogP contribution in [0.2, 0.25) is 0 Å². The highest BCUT2D eigenvalue weighted by atomic mass is 32.2. The van der Waals surface area contributed by atoms with Gasteiger partial charge < -0.3 is 9.64 Å². The van der Waals surface area contributed by atoms with Crippen molar-refractivity contribution in [3.05, 3.63) is 29.8 Å². The Hall–Kier alpha value is -1.49. The first-order valence-electron chi connectivity index (χ1n) is 7.89. The largest absolute Gasteiger partial charge is 0.466 e. The maximum atomic E-state index is 12.7. The molecule has 118 valence electrons. The molecule has 0 spiro atoms. The van der Waals surface area contributed by atoms with E-state index in [-0.39, 0.29) is 23.0 Å². The van der Waals surface area contributed by atoms with Gasteiger partial charge in [-0.25, -0.2) is 0 Å². The lowest BCUT2D eigenvalue weighted by Gasteiger charge is -2.32. The Bertz CT molecular complexity index is 542. The molecule has 0 saturated carbocycles. The molecule has 1 fully saturated rings. The number of carbonyl (C=O) groups excluding carboxylic acids is 2. The third kappa shape index (κ3) is 3.14. The van der Waals surface area contributed by atoms with Crippen molar-refractivity contribution in [2.24, 2.45) is 5.92 Å². The molecule has 0 aliphatic carbocycles. The lowest BCUT2D eigenvalue weighted by atomic mass is 9.96. The van der Waals surface area contributed by atoms with Crippen molar-refractivity contribution in [2.45, 2.75) is 36.3 Å². The Morgan fingerprint density at radius 1 is 1.27 bits per heavy atom. The van der Waals surface area contributed by atoms with E-state index in [1.807, 2.05) is 24.0 Å². The summed E-state index contributed by atoms with van der Waals surface area (Å²) in [6.07, 6.45) is 2.25. The zero-order chi connectivity index (χ0) is 15.5. The van der Waals surface area contributed by atoms with Gasteiger partial charge >= 0.3 is 5.97 Å². The number of fused-ring (bicyclic) bond motifs is 1. The quantitative estimate of drug-likeness (QED) is 0.803. The average molecular weight is 319 g/mol. The molecule has 1 atom stereocenters.